The molecule has 0 bridgehead atoms. The highest BCUT2D eigenvalue weighted by Crippen LogP contribution is 2.34. The van der Waals surface area contributed by atoms with E-state index < -0.39 is 0 Å². The van der Waals surface area contributed by atoms with Gasteiger partial charge in [0.1, 0.15) is 17.2 Å². The van der Waals surface area contributed by atoms with E-state index in [1.165, 1.54) is 0 Å². The third-order valence-electron chi connectivity index (χ3n) is 6.24. The number of nitrogens with zero attached hydrogens (tertiary/aromatic N) is 3. The molecular formula is C26H30ClN3O3. The van der Waals surface area contributed by atoms with E-state index >= 15 is 0 Å². The topological polar surface area (TPSA) is 46.9 Å². The van der Waals surface area contributed by atoms with Crippen molar-refractivity contribution in [1.29, 1.82) is 0 Å². The SMILES string of the molecule is CCn1cc(C)c(-c2ccc(Cl)cc2)c1C(=O)N1CCN(c2ccc(OC)cc2OC)CC1. The molecule has 0 saturated carbocycles. The van der Waals surface area contributed by atoms with Crippen LogP contribution < -0.4 is 14.4 Å². The Bertz CT molecular complexity index is 1130. The second kappa shape index (κ2) is 9.79. The van der Waals surface area contributed by atoms with Crippen molar-refractivity contribution in [1.82, 2.24) is 9.47 Å². The van der Waals surface area contributed by atoms with Gasteiger partial charge in [0.25, 0.3) is 5.91 Å². The average molecular weight is 468 g/mol. The molecule has 0 atom stereocenters. The van der Waals surface area contributed by atoms with E-state index in [2.05, 4.69) is 29.5 Å². The standard InChI is InChI=1S/C26H30ClN3O3/c1-5-28-17-18(2)24(19-6-8-20(27)9-7-19)25(28)26(31)30-14-12-29(13-15-30)22-11-10-21(32-3)16-23(22)33-4/h6-11,16-17H,5,12-15H2,1-4H3. The second-order valence-electron chi connectivity index (χ2n) is 8.15. The maximum absolute atomic E-state index is 13.7. The summed E-state index contributed by atoms with van der Waals surface area (Å²) in [6.07, 6.45) is 2.07. The van der Waals surface area contributed by atoms with Gasteiger partial charge in [-0.05, 0) is 49.2 Å². The molecule has 1 amide bonds. The summed E-state index contributed by atoms with van der Waals surface area (Å²) in [4.78, 5) is 17.9. The van der Waals surface area contributed by atoms with Crippen molar-refractivity contribution >= 4 is 23.2 Å². The number of anilines is 1. The largest absolute Gasteiger partial charge is 0.497 e. The molecule has 2 aromatic carbocycles. The fourth-order valence-electron chi connectivity index (χ4n) is 4.50. The Balaban J connectivity index is 1.57. The summed E-state index contributed by atoms with van der Waals surface area (Å²) in [7, 11) is 3.31. The third kappa shape index (κ3) is 4.53. The van der Waals surface area contributed by atoms with Gasteiger partial charge in [-0.3, -0.25) is 4.79 Å². The average Bonchev–Trinajstić information content (AvgIpc) is 3.19. The van der Waals surface area contributed by atoms with Gasteiger partial charge in [-0.25, -0.2) is 0 Å². The second-order valence-corrected chi connectivity index (χ2v) is 8.58. The Morgan fingerprint density at radius 2 is 1.70 bits per heavy atom. The zero-order valence-corrected chi connectivity index (χ0v) is 20.4. The molecule has 33 heavy (non-hydrogen) atoms. The highest BCUT2D eigenvalue weighted by atomic mass is 35.5. The van der Waals surface area contributed by atoms with E-state index in [4.69, 9.17) is 21.1 Å². The number of amides is 1. The highest BCUT2D eigenvalue weighted by molar-refractivity contribution is 6.30. The molecule has 0 unspecified atom stereocenters. The van der Waals surface area contributed by atoms with Crippen LogP contribution in [0.15, 0.2) is 48.7 Å². The lowest BCUT2D eigenvalue weighted by Crippen LogP contribution is -2.49. The van der Waals surface area contributed by atoms with E-state index in [0.29, 0.717) is 18.1 Å². The van der Waals surface area contributed by atoms with Crippen molar-refractivity contribution in [2.24, 2.45) is 0 Å². The number of methoxy groups -OCH3 is 2. The molecule has 4 rings (SSSR count). The first-order valence-corrected chi connectivity index (χ1v) is 11.6. The summed E-state index contributed by atoms with van der Waals surface area (Å²) in [6, 6.07) is 13.5. The number of rotatable bonds is 6. The number of benzene rings is 2. The van der Waals surface area contributed by atoms with Crippen molar-refractivity contribution in [2.75, 3.05) is 45.3 Å². The fraction of sp³-hybridized carbons (Fsp3) is 0.346. The molecule has 1 aromatic heterocycles. The summed E-state index contributed by atoms with van der Waals surface area (Å²) < 4.78 is 12.9. The van der Waals surface area contributed by atoms with Crippen LogP contribution in [0.3, 0.4) is 0 Å². The van der Waals surface area contributed by atoms with Crippen LogP contribution in [-0.4, -0.2) is 55.8 Å². The summed E-state index contributed by atoms with van der Waals surface area (Å²) in [5, 5.41) is 0.685. The smallest absolute Gasteiger partial charge is 0.271 e. The number of hydrogen-bond acceptors (Lipinski definition) is 4. The predicted molar refractivity (Wildman–Crippen MR) is 133 cm³/mol. The number of hydrogen-bond donors (Lipinski definition) is 0. The van der Waals surface area contributed by atoms with Crippen LogP contribution in [0.2, 0.25) is 5.02 Å². The molecule has 1 saturated heterocycles. The molecule has 2 heterocycles. The van der Waals surface area contributed by atoms with Crippen molar-refractivity contribution in [3.63, 3.8) is 0 Å². The molecule has 0 spiro atoms. The highest BCUT2D eigenvalue weighted by Gasteiger charge is 2.28. The molecule has 6 nitrogen and oxygen atoms in total. The fourth-order valence-corrected chi connectivity index (χ4v) is 4.63. The number of aromatic nitrogens is 1. The minimum atomic E-state index is 0.0660. The van der Waals surface area contributed by atoms with Gasteiger partial charge in [0.15, 0.2) is 0 Å². The van der Waals surface area contributed by atoms with E-state index in [9.17, 15) is 4.79 Å². The lowest BCUT2D eigenvalue weighted by molar-refractivity contribution is 0.0736. The molecule has 3 aromatic rings. The van der Waals surface area contributed by atoms with Crippen LogP contribution in [0.25, 0.3) is 11.1 Å². The van der Waals surface area contributed by atoms with Gasteiger partial charge in [-0.1, -0.05) is 23.7 Å². The lowest BCUT2D eigenvalue weighted by atomic mass is 10.0. The molecule has 174 valence electrons. The molecule has 1 aliphatic rings. The Kier molecular flexibility index (Phi) is 6.84. The van der Waals surface area contributed by atoms with Crippen LogP contribution in [0.1, 0.15) is 23.0 Å². The van der Waals surface area contributed by atoms with Gasteiger partial charge in [0.2, 0.25) is 0 Å². The molecule has 0 radical (unpaired) electrons. The number of ether oxygens (including phenoxy) is 2. The summed E-state index contributed by atoms with van der Waals surface area (Å²) >= 11 is 6.10. The normalized spacial score (nSPS) is 13.8. The first kappa shape index (κ1) is 23.1. The summed E-state index contributed by atoms with van der Waals surface area (Å²) in [5.41, 5.74) is 4.84. The molecule has 7 heteroatoms. The molecular weight excluding hydrogens is 438 g/mol. The monoisotopic (exact) mass is 467 g/mol. The van der Waals surface area contributed by atoms with Gasteiger partial charge >= 0.3 is 0 Å². The molecule has 1 fully saturated rings. The van der Waals surface area contributed by atoms with E-state index in [1.54, 1.807) is 14.2 Å². The quantitative estimate of drug-likeness (QED) is 0.505. The Morgan fingerprint density at radius 1 is 1.00 bits per heavy atom. The van der Waals surface area contributed by atoms with Gasteiger partial charge < -0.3 is 23.8 Å². The number of carbonyl (C=O) groups is 1. The van der Waals surface area contributed by atoms with Crippen molar-refractivity contribution in [3.8, 4) is 22.6 Å². The van der Waals surface area contributed by atoms with Gasteiger partial charge in [-0.2, -0.15) is 0 Å². The number of halogens is 1. The van der Waals surface area contributed by atoms with Crippen LogP contribution in [0.4, 0.5) is 5.69 Å². The third-order valence-corrected chi connectivity index (χ3v) is 6.49. The summed E-state index contributed by atoms with van der Waals surface area (Å²) in [6.45, 7) is 7.60. The molecule has 0 aliphatic carbocycles. The van der Waals surface area contributed by atoms with Crippen molar-refractivity contribution < 1.29 is 14.3 Å². The Morgan fingerprint density at radius 3 is 2.30 bits per heavy atom. The van der Waals surface area contributed by atoms with E-state index in [1.807, 2.05) is 47.4 Å². The first-order valence-electron chi connectivity index (χ1n) is 11.2. The van der Waals surface area contributed by atoms with Gasteiger partial charge in [0.05, 0.1) is 19.9 Å². The van der Waals surface area contributed by atoms with Crippen LogP contribution in [0.5, 0.6) is 11.5 Å². The van der Waals surface area contributed by atoms with Crippen LogP contribution >= 0.6 is 11.6 Å². The maximum Gasteiger partial charge on any atom is 0.271 e. The minimum absolute atomic E-state index is 0.0660. The van der Waals surface area contributed by atoms with E-state index in [-0.39, 0.29) is 5.91 Å². The van der Waals surface area contributed by atoms with Gasteiger partial charge in [0, 0.05) is 55.6 Å². The Hall–Kier alpha value is -3.12. The molecule has 0 N–H and O–H groups in total. The number of aryl methyl sites for hydroxylation is 2. The molecule has 1 aliphatic heterocycles. The lowest BCUT2D eigenvalue weighted by Gasteiger charge is -2.37. The van der Waals surface area contributed by atoms with Crippen molar-refractivity contribution in [2.45, 2.75) is 20.4 Å². The van der Waals surface area contributed by atoms with Crippen molar-refractivity contribution in [3.05, 3.63) is 64.9 Å². The van der Waals surface area contributed by atoms with Crippen LogP contribution in [-0.2, 0) is 6.54 Å². The zero-order valence-electron chi connectivity index (χ0n) is 19.6. The van der Waals surface area contributed by atoms with Gasteiger partial charge in [-0.15, -0.1) is 0 Å². The minimum Gasteiger partial charge on any atom is -0.497 e. The first-order chi connectivity index (χ1) is 16.0. The summed E-state index contributed by atoms with van der Waals surface area (Å²) in [5.74, 6) is 1.60. The zero-order chi connectivity index (χ0) is 23.5. The van der Waals surface area contributed by atoms with E-state index in [0.717, 1.165) is 59.2 Å². The number of piperazine rings is 1. The Labute approximate surface area is 200 Å². The number of carbonyl (C=O) groups excluding carboxylic acids is 1. The predicted octanol–water partition coefficient (Wildman–Crippen LogP) is 5.12. The van der Waals surface area contributed by atoms with Crippen LogP contribution in [0, 0.1) is 6.92 Å². The maximum atomic E-state index is 13.7.